The van der Waals surface area contributed by atoms with E-state index in [1.807, 2.05) is 30.3 Å². The maximum Gasteiger partial charge on any atom is 0.350 e. The van der Waals surface area contributed by atoms with E-state index in [0.717, 1.165) is 16.9 Å². The molecule has 1 heterocycles. The molecule has 1 unspecified atom stereocenters. The van der Waals surface area contributed by atoms with Crippen molar-refractivity contribution in [1.82, 2.24) is 4.98 Å². The van der Waals surface area contributed by atoms with Gasteiger partial charge in [-0.15, -0.1) is 0 Å². The zero-order valence-corrected chi connectivity index (χ0v) is 13.1. The third-order valence-corrected chi connectivity index (χ3v) is 3.73. The standard InChI is InChI=1S/C15H17N3O3S/c1-3-21-14(20)12-11(10-7-5-4-6-8-10)17-15(22-12)18-13(19)9(2)16/h4-9H,3,16H2,1-2H3,(H,17,18,19). The Kier molecular flexibility index (Phi) is 5.24. The van der Waals surface area contributed by atoms with Crippen LogP contribution in [0.4, 0.5) is 5.13 Å². The monoisotopic (exact) mass is 319 g/mol. The number of nitrogens with zero attached hydrogens (tertiary/aromatic N) is 1. The Morgan fingerprint density at radius 2 is 2.05 bits per heavy atom. The maximum atomic E-state index is 12.1. The van der Waals surface area contributed by atoms with E-state index in [-0.39, 0.29) is 12.5 Å². The fourth-order valence-corrected chi connectivity index (χ4v) is 2.60. The number of anilines is 1. The Morgan fingerprint density at radius 1 is 1.36 bits per heavy atom. The summed E-state index contributed by atoms with van der Waals surface area (Å²) in [7, 11) is 0. The highest BCUT2D eigenvalue weighted by atomic mass is 32.1. The number of ether oxygens (including phenoxy) is 1. The highest BCUT2D eigenvalue weighted by Gasteiger charge is 2.21. The highest BCUT2D eigenvalue weighted by molar-refractivity contribution is 7.18. The number of hydrogen-bond donors (Lipinski definition) is 2. The summed E-state index contributed by atoms with van der Waals surface area (Å²) in [6, 6.07) is 8.60. The second-order valence-electron chi connectivity index (χ2n) is 4.56. The first-order chi connectivity index (χ1) is 10.5. The Bertz CT molecular complexity index is 668. The lowest BCUT2D eigenvalue weighted by Gasteiger charge is -2.03. The van der Waals surface area contributed by atoms with Gasteiger partial charge in [0, 0.05) is 5.56 Å². The molecule has 0 saturated heterocycles. The van der Waals surface area contributed by atoms with Crippen LogP contribution in [-0.2, 0) is 9.53 Å². The van der Waals surface area contributed by atoms with E-state index in [9.17, 15) is 9.59 Å². The molecule has 0 spiro atoms. The lowest BCUT2D eigenvalue weighted by molar-refractivity contribution is -0.117. The molecule has 0 saturated carbocycles. The molecule has 2 aromatic rings. The summed E-state index contributed by atoms with van der Waals surface area (Å²) in [4.78, 5) is 28.5. The summed E-state index contributed by atoms with van der Waals surface area (Å²) in [6.07, 6.45) is 0. The van der Waals surface area contributed by atoms with Gasteiger partial charge in [0.1, 0.15) is 4.88 Å². The molecular formula is C15H17N3O3S. The number of benzene rings is 1. The van der Waals surface area contributed by atoms with E-state index in [0.29, 0.717) is 15.7 Å². The number of carbonyl (C=O) groups is 2. The zero-order valence-electron chi connectivity index (χ0n) is 12.3. The summed E-state index contributed by atoms with van der Waals surface area (Å²) >= 11 is 1.07. The van der Waals surface area contributed by atoms with Gasteiger partial charge in [-0.3, -0.25) is 4.79 Å². The van der Waals surface area contributed by atoms with Crippen molar-refractivity contribution in [1.29, 1.82) is 0 Å². The molecule has 3 N–H and O–H groups in total. The fraction of sp³-hybridized carbons (Fsp3) is 0.267. The second-order valence-corrected chi connectivity index (χ2v) is 5.56. The van der Waals surface area contributed by atoms with E-state index in [1.54, 1.807) is 13.8 Å². The molecule has 0 aliphatic heterocycles. The van der Waals surface area contributed by atoms with Gasteiger partial charge in [0.2, 0.25) is 5.91 Å². The van der Waals surface area contributed by atoms with Crippen molar-refractivity contribution in [2.24, 2.45) is 5.73 Å². The van der Waals surface area contributed by atoms with Gasteiger partial charge < -0.3 is 15.8 Å². The fourth-order valence-electron chi connectivity index (χ4n) is 1.72. The Balaban J connectivity index is 2.39. The Labute approximate surface area is 132 Å². The van der Waals surface area contributed by atoms with Crippen LogP contribution in [0.5, 0.6) is 0 Å². The third kappa shape index (κ3) is 3.69. The van der Waals surface area contributed by atoms with Crippen LogP contribution in [0.3, 0.4) is 0 Å². The molecule has 1 aromatic carbocycles. The molecule has 1 amide bonds. The first-order valence-corrected chi connectivity index (χ1v) is 7.64. The minimum absolute atomic E-state index is 0.270. The number of thiazole rings is 1. The number of rotatable bonds is 5. The number of hydrogen-bond acceptors (Lipinski definition) is 6. The number of esters is 1. The van der Waals surface area contributed by atoms with Crippen LogP contribution in [0.2, 0.25) is 0 Å². The van der Waals surface area contributed by atoms with Gasteiger partial charge in [0.05, 0.1) is 18.3 Å². The van der Waals surface area contributed by atoms with Crippen LogP contribution < -0.4 is 11.1 Å². The quantitative estimate of drug-likeness (QED) is 0.824. The smallest absolute Gasteiger partial charge is 0.350 e. The molecule has 22 heavy (non-hydrogen) atoms. The van der Waals surface area contributed by atoms with Crippen LogP contribution in [0.25, 0.3) is 11.3 Å². The van der Waals surface area contributed by atoms with Crippen molar-refractivity contribution in [2.75, 3.05) is 11.9 Å². The maximum absolute atomic E-state index is 12.1. The van der Waals surface area contributed by atoms with E-state index in [4.69, 9.17) is 10.5 Å². The minimum atomic E-state index is -0.657. The highest BCUT2D eigenvalue weighted by Crippen LogP contribution is 2.31. The van der Waals surface area contributed by atoms with Gasteiger partial charge in [0.25, 0.3) is 0 Å². The number of amides is 1. The van der Waals surface area contributed by atoms with Crippen LogP contribution >= 0.6 is 11.3 Å². The van der Waals surface area contributed by atoms with E-state index in [2.05, 4.69) is 10.3 Å². The van der Waals surface area contributed by atoms with Crippen molar-refractivity contribution in [3.63, 3.8) is 0 Å². The average molecular weight is 319 g/mol. The van der Waals surface area contributed by atoms with Crippen molar-refractivity contribution < 1.29 is 14.3 Å². The zero-order chi connectivity index (χ0) is 16.1. The number of carbonyl (C=O) groups excluding carboxylic acids is 2. The van der Waals surface area contributed by atoms with Crippen molar-refractivity contribution in [2.45, 2.75) is 19.9 Å². The molecule has 0 bridgehead atoms. The van der Waals surface area contributed by atoms with Crippen LogP contribution in [0.1, 0.15) is 23.5 Å². The predicted octanol–water partition coefficient (Wildman–Crippen LogP) is 2.27. The normalized spacial score (nSPS) is 11.8. The minimum Gasteiger partial charge on any atom is -0.462 e. The van der Waals surface area contributed by atoms with Gasteiger partial charge in [-0.1, -0.05) is 41.7 Å². The number of nitrogens with one attached hydrogen (secondary N) is 1. The summed E-state index contributed by atoms with van der Waals surface area (Å²) in [5, 5.41) is 2.93. The van der Waals surface area contributed by atoms with E-state index >= 15 is 0 Å². The Hall–Kier alpha value is -2.25. The largest absolute Gasteiger partial charge is 0.462 e. The van der Waals surface area contributed by atoms with Crippen molar-refractivity contribution >= 4 is 28.3 Å². The summed E-state index contributed by atoms with van der Waals surface area (Å²) in [5.74, 6) is -0.816. The molecule has 0 fully saturated rings. The van der Waals surface area contributed by atoms with E-state index < -0.39 is 12.0 Å². The number of nitrogens with two attached hydrogens (primary N) is 1. The van der Waals surface area contributed by atoms with Gasteiger partial charge in [-0.25, -0.2) is 9.78 Å². The summed E-state index contributed by atoms with van der Waals surface area (Å²) in [5.41, 5.74) is 6.79. The van der Waals surface area contributed by atoms with Gasteiger partial charge in [0.15, 0.2) is 5.13 Å². The molecule has 7 heteroatoms. The van der Waals surface area contributed by atoms with Gasteiger partial charge >= 0.3 is 5.97 Å². The average Bonchev–Trinajstić information content (AvgIpc) is 2.92. The molecule has 1 aromatic heterocycles. The van der Waals surface area contributed by atoms with Crippen LogP contribution in [0.15, 0.2) is 30.3 Å². The van der Waals surface area contributed by atoms with Gasteiger partial charge in [-0.05, 0) is 13.8 Å². The summed E-state index contributed by atoms with van der Waals surface area (Å²) in [6.45, 7) is 3.58. The molecule has 1 atom stereocenters. The van der Waals surface area contributed by atoms with Gasteiger partial charge in [-0.2, -0.15) is 0 Å². The molecule has 2 rings (SSSR count). The van der Waals surface area contributed by atoms with Crippen LogP contribution in [-0.4, -0.2) is 29.5 Å². The Morgan fingerprint density at radius 3 is 2.64 bits per heavy atom. The SMILES string of the molecule is CCOC(=O)c1sc(NC(=O)C(C)N)nc1-c1ccccc1. The van der Waals surface area contributed by atoms with E-state index in [1.165, 1.54) is 0 Å². The van der Waals surface area contributed by atoms with Crippen molar-refractivity contribution in [3.05, 3.63) is 35.2 Å². The first kappa shape index (κ1) is 16.1. The second kappa shape index (κ2) is 7.15. The summed E-state index contributed by atoms with van der Waals surface area (Å²) < 4.78 is 5.05. The molecule has 116 valence electrons. The van der Waals surface area contributed by atoms with Crippen molar-refractivity contribution in [3.8, 4) is 11.3 Å². The predicted molar refractivity (Wildman–Crippen MR) is 85.8 cm³/mol. The lowest BCUT2D eigenvalue weighted by Crippen LogP contribution is -2.32. The number of aromatic nitrogens is 1. The molecular weight excluding hydrogens is 302 g/mol. The molecule has 6 nitrogen and oxygen atoms in total. The third-order valence-electron chi connectivity index (χ3n) is 2.78. The molecule has 0 radical (unpaired) electrons. The first-order valence-electron chi connectivity index (χ1n) is 6.82. The topological polar surface area (TPSA) is 94.3 Å². The lowest BCUT2D eigenvalue weighted by atomic mass is 10.1. The van der Waals surface area contributed by atoms with Crippen LogP contribution in [0, 0.1) is 0 Å². The molecule has 0 aliphatic carbocycles. The molecule has 0 aliphatic rings.